The first-order chi connectivity index (χ1) is 6.84. The van der Waals surface area contributed by atoms with Crippen LogP contribution in [0.1, 0.15) is 47.0 Å². The van der Waals surface area contributed by atoms with Gasteiger partial charge in [0, 0.05) is 5.92 Å². The number of aliphatic hydroxyl groups is 2. The van der Waals surface area contributed by atoms with Crippen LogP contribution in [-0.2, 0) is 0 Å². The Morgan fingerprint density at radius 1 is 1.47 bits per heavy atom. The van der Waals surface area contributed by atoms with Crippen molar-refractivity contribution in [3.63, 3.8) is 0 Å². The van der Waals surface area contributed by atoms with Crippen molar-refractivity contribution in [1.29, 1.82) is 0 Å². The van der Waals surface area contributed by atoms with Crippen molar-refractivity contribution in [3.8, 4) is 0 Å². The summed E-state index contributed by atoms with van der Waals surface area (Å²) in [6, 6.07) is 0. The zero-order valence-corrected chi connectivity index (χ0v) is 10.3. The summed E-state index contributed by atoms with van der Waals surface area (Å²) in [7, 11) is 0. The van der Waals surface area contributed by atoms with Gasteiger partial charge in [0.05, 0.1) is 12.2 Å². The smallest absolute Gasteiger partial charge is 0.0635 e. The molecule has 1 rings (SSSR count). The SMILES string of the molecule is CC1=CCCC(C)(C)C1C(O)CC(C)O. The lowest BCUT2D eigenvalue weighted by molar-refractivity contribution is 0.0123. The van der Waals surface area contributed by atoms with Crippen molar-refractivity contribution in [2.75, 3.05) is 0 Å². The van der Waals surface area contributed by atoms with Crippen LogP contribution in [-0.4, -0.2) is 22.4 Å². The van der Waals surface area contributed by atoms with Gasteiger partial charge in [-0.25, -0.2) is 0 Å². The molecule has 0 aromatic carbocycles. The van der Waals surface area contributed by atoms with E-state index in [-0.39, 0.29) is 11.3 Å². The van der Waals surface area contributed by atoms with Crippen LogP contribution < -0.4 is 0 Å². The quantitative estimate of drug-likeness (QED) is 0.706. The highest BCUT2D eigenvalue weighted by atomic mass is 16.3. The summed E-state index contributed by atoms with van der Waals surface area (Å²) in [5, 5.41) is 19.5. The van der Waals surface area contributed by atoms with E-state index >= 15 is 0 Å². The summed E-state index contributed by atoms with van der Waals surface area (Å²) < 4.78 is 0. The normalized spacial score (nSPS) is 29.5. The molecule has 88 valence electrons. The van der Waals surface area contributed by atoms with Gasteiger partial charge in [0.25, 0.3) is 0 Å². The van der Waals surface area contributed by atoms with Crippen LogP contribution in [0.5, 0.6) is 0 Å². The average Bonchev–Trinajstić information content (AvgIpc) is 1.99. The summed E-state index contributed by atoms with van der Waals surface area (Å²) in [5.41, 5.74) is 1.42. The highest BCUT2D eigenvalue weighted by molar-refractivity contribution is 5.14. The second-order valence-electron chi connectivity index (χ2n) is 5.61. The number of rotatable bonds is 3. The van der Waals surface area contributed by atoms with Gasteiger partial charge >= 0.3 is 0 Å². The van der Waals surface area contributed by atoms with Gasteiger partial charge in [0.1, 0.15) is 0 Å². The van der Waals surface area contributed by atoms with Crippen molar-refractivity contribution in [2.45, 2.75) is 59.2 Å². The summed E-state index contributed by atoms with van der Waals surface area (Å²) in [6.07, 6.45) is 4.07. The number of aliphatic hydroxyl groups excluding tert-OH is 2. The molecule has 0 aromatic heterocycles. The molecular formula is C13H24O2. The molecule has 3 atom stereocenters. The fourth-order valence-electron chi connectivity index (χ4n) is 2.88. The lowest BCUT2D eigenvalue weighted by Crippen LogP contribution is -2.38. The van der Waals surface area contributed by atoms with Crippen molar-refractivity contribution in [1.82, 2.24) is 0 Å². The van der Waals surface area contributed by atoms with E-state index < -0.39 is 12.2 Å². The predicted molar refractivity (Wildman–Crippen MR) is 62.6 cm³/mol. The van der Waals surface area contributed by atoms with Gasteiger partial charge in [0.2, 0.25) is 0 Å². The van der Waals surface area contributed by atoms with Crippen LogP contribution in [0.2, 0.25) is 0 Å². The standard InChI is InChI=1S/C13H24O2/c1-9-6-5-7-13(3,4)12(9)11(15)8-10(2)14/h6,10-12,14-15H,5,7-8H2,1-4H3. The van der Waals surface area contributed by atoms with Gasteiger partial charge in [0.15, 0.2) is 0 Å². The van der Waals surface area contributed by atoms with E-state index in [2.05, 4.69) is 26.8 Å². The minimum absolute atomic E-state index is 0.146. The van der Waals surface area contributed by atoms with Gasteiger partial charge in [-0.1, -0.05) is 25.5 Å². The van der Waals surface area contributed by atoms with Crippen molar-refractivity contribution in [3.05, 3.63) is 11.6 Å². The summed E-state index contributed by atoms with van der Waals surface area (Å²) in [4.78, 5) is 0. The Balaban J connectivity index is 2.79. The fourth-order valence-corrected chi connectivity index (χ4v) is 2.88. The molecule has 1 aliphatic rings. The van der Waals surface area contributed by atoms with E-state index in [0.29, 0.717) is 6.42 Å². The first-order valence-corrected chi connectivity index (χ1v) is 5.87. The van der Waals surface area contributed by atoms with E-state index in [1.807, 2.05) is 0 Å². The zero-order chi connectivity index (χ0) is 11.6. The maximum absolute atomic E-state index is 10.1. The molecule has 0 fully saturated rings. The Hall–Kier alpha value is -0.340. The summed E-state index contributed by atoms with van der Waals surface area (Å²) in [5.74, 6) is 0.195. The van der Waals surface area contributed by atoms with E-state index in [9.17, 15) is 10.2 Å². The molecule has 0 bridgehead atoms. The van der Waals surface area contributed by atoms with Crippen LogP contribution in [0.4, 0.5) is 0 Å². The van der Waals surface area contributed by atoms with Crippen LogP contribution in [0.15, 0.2) is 11.6 Å². The topological polar surface area (TPSA) is 40.5 Å². The van der Waals surface area contributed by atoms with E-state index in [4.69, 9.17) is 0 Å². The highest BCUT2D eigenvalue weighted by Crippen LogP contribution is 2.43. The molecule has 0 amide bonds. The Bertz CT molecular complexity index is 241. The van der Waals surface area contributed by atoms with Gasteiger partial charge in [-0.2, -0.15) is 0 Å². The second-order valence-corrected chi connectivity index (χ2v) is 5.61. The fraction of sp³-hybridized carbons (Fsp3) is 0.846. The van der Waals surface area contributed by atoms with Gasteiger partial charge < -0.3 is 10.2 Å². The summed E-state index contributed by atoms with van der Waals surface area (Å²) >= 11 is 0. The highest BCUT2D eigenvalue weighted by Gasteiger charge is 2.37. The van der Waals surface area contributed by atoms with Gasteiger partial charge in [-0.15, -0.1) is 0 Å². The molecule has 2 heteroatoms. The summed E-state index contributed by atoms with van der Waals surface area (Å²) in [6.45, 7) is 8.24. The van der Waals surface area contributed by atoms with Crippen molar-refractivity contribution in [2.24, 2.45) is 11.3 Å². The minimum Gasteiger partial charge on any atom is -0.393 e. The Labute approximate surface area is 93.0 Å². The molecule has 0 radical (unpaired) electrons. The maximum Gasteiger partial charge on any atom is 0.0635 e. The molecule has 3 unspecified atom stereocenters. The predicted octanol–water partition coefficient (Wildman–Crippen LogP) is 2.50. The monoisotopic (exact) mass is 212 g/mol. The lowest BCUT2D eigenvalue weighted by Gasteiger charge is -2.41. The number of hydrogen-bond donors (Lipinski definition) is 2. The average molecular weight is 212 g/mol. The van der Waals surface area contributed by atoms with Gasteiger partial charge in [-0.05, 0) is 38.5 Å². The molecular weight excluding hydrogens is 188 g/mol. The van der Waals surface area contributed by atoms with E-state index in [1.165, 1.54) is 5.57 Å². The van der Waals surface area contributed by atoms with Gasteiger partial charge in [-0.3, -0.25) is 0 Å². The lowest BCUT2D eigenvalue weighted by atomic mass is 9.65. The molecule has 0 aromatic rings. The molecule has 2 nitrogen and oxygen atoms in total. The Kier molecular flexibility index (Phi) is 3.96. The second kappa shape index (κ2) is 4.67. The molecule has 15 heavy (non-hydrogen) atoms. The van der Waals surface area contributed by atoms with E-state index in [0.717, 1.165) is 12.8 Å². The van der Waals surface area contributed by atoms with Crippen LogP contribution >= 0.6 is 0 Å². The maximum atomic E-state index is 10.1. The third-order valence-electron chi connectivity index (χ3n) is 3.55. The largest absolute Gasteiger partial charge is 0.393 e. The van der Waals surface area contributed by atoms with Crippen molar-refractivity contribution >= 4 is 0 Å². The molecule has 0 spiro atoms. The minimum atomic E-state index is -0.425. The molecule has 0 saturated carbocycles. The number of hydrogen-bond acceptors (Lipinski definition) is 2. The first kappa shape index (κ1) is 12.7. The van der Waals surface area contributed by atoms with Crippen molar-refractivity contribution < 1.29 is 10.2 Å². The molecule has 0 aliphatic heterocycles. The van der Waals surface area contributed by atoms with Crippen LogP contribution in [0, 0.1) is 11.3 Å². The van der Waals surface area contributed by atoms with E-state index in [1.54, 1.807) is 6.92 Å². The number of allylic oxidation sites excluding steroid dienone is 1. The first-order valence-electron chi connectivity index (χ1n) is 5.87. The molecule has 2 N–H and O–H groups in total. The Morgan fingerprint density at radius 3 is 2.53 bits per heavy atom. The third kappa shape index (κ3) is 3.05. The molecule has 0 saturated heterocycles. The molecule has 1 aliphatic carbocycles. The zero-order valence-electron chi connectivity index (χ0n) is 10.3. The molecule has 0 heterocycles. The van der Waals surface area contributed by atoms with Crippen LogP contribution in [0.3, 0.4) is 0 Å². The van der Waals surface area contributed by atoms with Crippen LogP contribution in [0.25, 0.3) is 0 Å². The Morgan fingerprint density at radius 2 is 2.07 bits per heavy atom. The third-order valence-corrected chi connectivity index (χ3v) is 3.55.